The van der Waals surface area contributed by atoms with Crippen molar-refractivity contribution in [3.63, 3.8) is 0 Å². The van der Waals surface area contributed by atoms with Crippen LogP contribution in [0.3, 0.4) is 0 Å². The lowest BCUT2D eigenvalue weighted by atomic mass is 9.83. The van der Waals surface area contributed by atoms with Gasteiger partial charge in [0, 0.05) is 0 Å². The first-order chi connectivity index (χ1) is 16.0. The second-order valence-corrected chi connectivity index (χ2v) is 8.27. The van der Waals surface area contributed by atoms with E-state index in [1.165, 1.54) is 11.7 Å². The number of hydrogen-bond donors (Lipinski definition) is 1. The zero-order valence-corrected chi connectivity index (χ0v) is 18.9. The van der Waals surface area contributed by atoms with Gasteiger partial charge in [-0.15, -0.1) is 11.3 Å². The molecular formula is C25H22N2O5S. The molecule has 1 atom stereocenters. The summed E-state index contributed by atoms with van der Waals surface area (Å²) >= 11 is 1.13. The standard InChI is InChI=1S/C25H22N2O5S/c1-3-32-25(30)20-18(16-12-8-5-9-13-16)19(24(29)31-2)21(26)27-22(28)17(33-23(20)27)14-15-10-6-4-7-11-15/h4-14,18H,3,26H2,1-2H3/b17-14-/t18-/m1/s1. The van der Waals surface area contributed by atoms with E-state index >= 15 is 0 Å². The van der Waals surface area contributed by atoms with E-state index in [2.05, 4.69) is 0 Å². The summed E-state index contributed by atoms with van der Waals surface area (Å²) in [5.74, 6) is -2.25. The highest BCUT2D eigenvalue weighted by Gasteiger charge is 2.39. The van der Waals surface area contributed by atoms with Crippen LogP contribution in [0.15, 0.2) is 71.0 Å². The number of carbonyl (C=O) groups is 2. The Morgan fingerprint density at radius 2 is 1.67 bits per heavy atom. The number of fused-ring (bicyclic) bond motifs is 1. The van der Waals surface area contributed by atoms with Gasteiger partial charge in [0.1, 0.15) is 10.5 Å². The summed E-state index contributed by atoms with van der Waals surface area (Å²) < 4.78 is 12.3. The van der Waals surface area contributed by atoms with E-state index < -0.39 is 23.4 Å². The van der Waals surface area contributed by atoms with Gasteiger partial charge < -0.3 is 15.2 Å². The van der Waals surface area contributed by atoms with Crippen molar-refractivity contribution in [2.45, 2.75) is 12.8 Å². The molecule has 0 fully saturated rings. The first-order valence-corrected chi connectivity index (χ1v) is 11.1. The van der Waals surface area contributed by atoms with Crippen LogP contribution in [-0.4, -0.2) is 30.2 Å². The van der Waals surface area contributed by atoms with Crippen LogP contribution in [0.2, 0.25) is 0 Å². The number of ether oxygens (including phenoxy) is 2. The van der Waals surface area contributed by atoms with E-state index in [0.717, 1.165) is 16.9 Å². The molecule has 1 aromatic heterocycles. The SMILES string of the molecule is CCOC(=O)C1=c2s/c(=C\c3ccccc3)c(=O)n2C(N)=C(C(=O)OC)[C@H]1c1ccccc1. The predicted octanol–water partition coefficient (Wildman–Crippen LogP) is 1.55. The number of nitrogens with zero attached hydrogens (tertiary/aromatic N) is 1. The molecule has 2 N–H and O–H groups in total. The Labute approximate surface area is 193 Å². The number of carbonyl (C=O) groups excluding carboxylic acids is 2. The Morgan fingerprint density at radius 3 is 2.27 bits per heavy atom. The monoisotopic (exact) mass is 462 g/mol. The Morgan fingerprint density at radius 1 is 1.03 bits per heavy atom. The summed E-state index contributed by atoms with van der Waals surface area (Å²) in [5.41, 5.74) is 7.65. The first kappa shape index (κ1) is 22.3. The molecule has 0 spiro atoms. The lowest BCUT2D eigenvalue weighted by Crippen LogP contribution is -2.41. The molecule has 1 aliphatic heterocycles. The molecule has 0 saturated heterocycles. The van der Waals surface area contributed by atoms with Crippen molar-refractivity contribution in [2.75, 3.05) is 13.7 Å². The van der Waals surface area contributed by atoms with Gasteiger partial charge >= 0.3 is 11.9 Å². The molecule has 3 aromatic rings. The fourth-order valence-corrected chi connectivity index (χ4v) is 5.01. The summed E-state index contributed by atoms with van der Waals surface area (Å²) in [6.45, 7) is 1.83. The smallest absolute Gasteiger partial charge is 0.338 e. The van der Waals surface area contributed by atoms with Gasteiger partial charge in [0.25, 0.3) is 5.56 Å². The topological polar surface area (TPSA) is 101 Å². The van der Waals surface area contributed by atoms with Crippen LogP contribution >= 0.6 is 11.3 Å². The Hall–Kier alpha value is -3.91. The van der Waals surface area contributed by atoms with E-state index in [-0.39, 0.29) is 23.6 Å². The van der Waals surface area contributed by atoms with E-state index in [4.69, 9.17) is 15.2 Å². The van der Waals surface area contributed by atoms with Gasteiger partial charge in [-0.25, -0.2) is 9.59 Å². The van der Waals surface area contributed by atoms with Gasteiger partial charge in [0.2, 0.25) is 0 Å². The van der Waals surface area contributed by atoms with Crippen LogP contribution in [0.1, 0.15) is 24.0 Å². The molecule has 2 heterocycles. The Kier molecular flexibility index (Phi) is 6.28. The lowest BCUT2D eigenvalue weighted by molar-refractivity contribution is -0.136. The molecule has 1 aliphatic rings. The molecule has 168 valence electrons. The second kappa shape index (κ2) is 9.30. The maximum atomic E-state index is 13.4. The number of benzene rings is 2. The summed E-state index contributed by atoms with van der Waals surface area (Å²) in [7, 11) is 1.23. The average Bonchev–Trinajstić information content (AvgIpc) is 3.15. The van der Waals surface area contributed by atoms with Gasteiger partial charge in [-0.2, -0.15) is 0 Å². The van der Waals surface area contributed by atoms with E-state index in [1.807, 2.05) is 36.4 Å². The molecule has 8 heteroatoms. The van der Waals surface area contributed by atoms with Crippen LogP contribution in [0.25, 0.3) is 17.5 Å². The number of aromatic nitrogens is 1. The number of rotatable bonds is 5. The zero-order valence-electron chi connectivity index (χ0n) is 18.1. The third kappa shape index (κ3) is 4.01. The maximum Gasteiger partial charge on any atom is 0.338 e. The molecule has 0 radical (unpaired) electrons. The second-order valence-electron chi connectivity index (χ2n) is 7.24. The summed E-state index contributed by atoms with van der Waals surface area (Å²) in [6, 6.07) is 18.3. The molecule has 4 rings (SSSR count). The van der Waals surface area contributed by atoms with Crippen LogP contribution in [-0.2, 0) is 19.1 Å². The molecule has 0 saturated carbocycles. The number of nitrogens with two attached hydrogens (primary N) is 1. The van der Waals surface area contributed by atoms with Crippen molar-refractivity contribution in [1.82, 2.24) is 4.57 Å². The third-order valence-electron chi connectivity index (χ3n) is 5.28. The van der Waals surface area contributed by atoms with Crippen molar-refractivity contribution >= 4 is 40.7 Å². The van der Waals surface area contributed by atoms with Gasteiger partial charge in [-0.3, -0.25) is 9.36 Å². The van der Waals surface area contributed by atoms with Gasteiger partial charge in [-0.1, -0.05) is 60.7 Å². The van der Waals surface area contributed by atoms with Crippen LogP contribution in [0, 0.1) is 0 Å². The molecule has 0 bridgehead atoms. The lowest BCUT2D eigenvalue weighted by Gasteiger charge is -2.26. The normalized spacial score (nSPS) is 15.9. The Balaban J connectivity index is 2.13. The molecule has 2 aromatic carbocycles. The zero-order chi connectivity index (χ0) is 23.5. The highest BCUT2D eigenvalue weighted by atomic mass is 32.1. The minimum Gasteiger partial charge on any atom is -0.466 e. The molecular weight excluding hydrogens is 440 g/mol. The predicted molar refractivity (Wildman–Crippen MR) is 126 cm³/mol. The molecule has 0 aliphatic carbocycles. The van der Waals surface area contributed by atoms with Crippen molar-refractivity contribution in [2.24, 2.45) is 5.73 Å². The van der Waals surface area contributed by atoms with E-state index in [9.17, 15) is 14.4 Å². The maximum absolute atomic E-state index is 13.4. The van der Waals surface area contributed by atoms with Crippen LogP contribution < -0.4 is 20.5 Å². The highest BCUT2D eigenvalue weighted by Crippen LogP contribution is 2.37. The van der Waals surface area contributed by atoms with E-state index in [1.54, 1.807) is 37.3 Å². The number of methoxy groups -OCH3 is 1. The fraction of sp³-hybridized carbons (Fsp3) is 0.160. The third-order valence-corrected chi connectivity index (χ3v) is 6.39. The highest BCUT2D eigenvalue weighted by molar-refractivity contribution is 7.07. The van der Waals surface area contributed by atoms with Gasteiger partial charge in [-0.05, 0) is 24.1 Å². The minimum absolute atomic E-state index is 0.0189. The van der Waals surface area contributed by atoms with Gasteiger partial charge in [0.05, 0.1) is 35.3 Å². The average molecular weight is 463 g/mol. The van der Waals surface area contributed by atoms with Gasteiger partial charge in [0.15, 0.2) is 0 Å². The number of thiazole rings is 1. The summed E-state index contributed by atoms with van der Waals surface area (Å²) in [4.78, 5) is 39.4. The van der Waals surface area contributed by atoms with Crippen LogP contribution in [0.4, 0.5) is 0 Å². The largest absolute Gasteiger partial charge is 0.466 e. The van der Waals surface area contributed by atoms with E-state index in [0.29, 0.717) is 14.8 Å². The summed E-state index contributed by atoms with van der Waals surface area (Å²) in [5, 5.41) is 0. The summed E-state index contributed by atoms with van der Waals surface area (Å²) in [6.07, 6.45) is 1.73. The quantitative estimate of drug-likeness (QED) is 0.578. The van der Waals surface area contributed by atoms with Crippen molar-refractivity contribution in [3.05, 3.63) is 96.9 Å². The number of hydrogen-bond acceptors (Lipinski definition) is 7. The van der Waals surface area contributed by atoms with Crippen molar-refractivity contribution in [3.8, 4) is 0 Å². The van der Waals surface area contributed by atoms with Crippen molar-refractivity contribution in [1.29, 1.82) is 0 Å². The molecule has 33 heavy (non-hydrogen) atoms. The molecule has 0 amide bonds. The minimum atomic E-state index is -0.847. The number of esters is 2. The molecule has 0 unspecified atom stereocenters. The Bertz CT molecular complexity index is 1420. The van der Waals surface area contributed by atoms with Crippen molar-refractivity contribution < 1.29 is 19.1 Å². The molecule has 7 nitrogen and oxygen atoms in total. The first-order valence-electron chi connectivity index (χ1n) is 10.3. The van der Waals surface area contributed by atoms with Crippen LogP contribution in [0.5, 0.6) is 0 Å². The fourth-order valence-electron chi connectivity index (χ4n) is 3.84.